The lowest BCUT2D eigenvalue weighted by Gasteiger charge is -2.30. The zero-order valence-electron chi connectivity index (χ0n) is 16.5. The maximum absolute atomic E-state index is 14.2. The highest BCUT2D eigenvalue weighted by Crippen LogP contribution is 2.41. The molecule has 31 heavy (non-hydrogen) atoms. The molecule has 4 rings (SSSR count). The number of benzene rings is 1. The van der Waals surface area contributed by atoms with Gasteiger partial charge in [0.15, 0.2) is 6.19 Å². The largest absolute Gasteiger partial charge is 0.397 e. The second-order valence-corrected chi connectivity index (χ2v) is 7.13. The fourth-order valence-electron chi connectivity index (χ4n) is 3.78. The van der Waals surface area contributed by atoms with Gasteiger partial charge < -0.3 is 21.5 Å². The average Bonchev–Trinajstić information content (AvgIpc) is 2.74. The number of anilines is 3. The van der Waals surface area contributed by atoms with E-state index in [1.807, 2.05) is 12.3 Å². The Labute approximate surface area is 177 Å². The van der Waals surface area contributed by atoms with Crippen LogP contribution in [-0.4, -0.2) is 42.1 Å². The number of morpholine rings is 1. The zero-order valence-corrected chi connectivity index (χ0v) is 16.5. The molecule has 0 radical (unpaired) electrons. The number of aliphatic imine (C=N–C) groups is 1. The van der Waals surface area contributed by atoms with E-state index in [4.69, 9.17) is 21.5 Å². The van der Waals surface area contributed by atoms with E-state index in [9.17, 15) is 9.65 Å². The van der Waals surface area contributed by atoms with E-state index in [-0.39, 0.29) is 34.7 Å². The smallest absolute Gasteiger partial charge is 0.211 e. The van der Waals surface area contributed by atoms with Crippen molar-refractivity contribution in [2.24, 2.45) is 4.99 Å². The molecule has 3 heterocycles. The van der Waals surface area contributed by atoms with E-state index in [1.165, 1.54) is 12.1 Å². The molecule has 0 aliphatic carbocycles. The first kappa shape index (κ1) is 20.3. The van der Waals surface area contributed by atoms with Crippen LogP contribution in [-0.2, 0) is 11.3 Å². The molecule has 0 spiro atoms. The van der Waals surface area contributed by atoms with Crippen LogP contribution >= 0.6 is 0 Å². The fraction of sp³-hybridized carbons (Fsp3) is 0.300. The second-order valence-electron chi connectivity index (χ2n) is 7.13. The Morgan fingerprint density at radius 3 is 2.77 bits per heavy atom. The Morgan fingerprint density at radius 1 is 1.29 bits per heavy atom. The predicted molar refractivity (Wildman–Crippen MR) is 112 cm³/mol. The van der Waals surface area contributed by atoms with Gasteiger partial charge in [-0.2, -0.15) is 10.5 Å². The SMILES string of the molecule is N#CNC1=NC(c2ccc(F)cc2CN2CCOCC2)c2c(nc(N)c(C#N)c2N)N1. The molecule has 6 N–H and O–H groups in total. The zero-order chi connectivity index (χ0) is 22.0. The van der Waals surface area contributed by atoms with Crippen molar-refractivity contribution in [3.05, 3.63) is 46.3 Å². The summed E-state index contributed by atoms with van der Waals surface area (Å²) in [5.74, 6) is 0.0311. The molecule has 1 unspecified atom stereocenters. The van der Waals surface area contributed by atoms with Crippen molar-refractivity contribution in [1.29, 1.82) is 10.5 Å². The summed E-state index contributed by atoms with van der Waals surface area (Å²) in [6.45, 7) is 3.15. The first-order chi connectivity index (χ1) is 15.0. The minimum atomic E-state index is -0.719. The van der Waals surface area contributed by atoms with Gasteiger partial charge in [0, 0.05) is 25.2 Å². The van der Waals surface area contributed by atoms with Crippen molar-refractivity contribution in [2.45, 2.75) is 12.6 Å². The summed E-state index contributed by atoms with van der Waals surface area (Å²) < 4.78 is 19.6. The molecular weight excluding hydrogens is 401 g/mol. The number of ether oxygens (including phenoxy) is 1. The van der Waals surface area contributed by atoms with Crippen molar-refractivity contribution in [2.75, 3.05) is 43.1 Å². The summed E-state index contributed by atoms with van der Waals surface area (Å²) in [4.78, 5) is 11.0. The molecular formula is C20H20FN9O. The van der Waals surface area contributed by atoms with Gasteiger partial charge in [-0.1, -0.05) is 6.07 Å². The Bertz CT molecular complexity index is 1130. The van der Waals surface area contributed by atoms with E-state index in [2.05, 4.69) is 25.5 Å². The van der Waals surface area contributed by atoms with Gasteiger partial charge in [-0.25, -0.2) is 14.4 Å². The van der Waals surface area contributed by atoms with E-state index in [0.717, 1.165) is 18.7 Å². The Kier molecular flexibility index (Phi) is 5.54. The van der Waals surface area contributed by atoms with Crippen molar-refractivity contribution < 1.29 is 9.13 Å². The van der Waals surface area contributed by atoms with Gasteiger partial charge in [0.25, 0.3) is 0 Å². The summed E-state index contributed by atoms with van der Waals surface area (Å²) in [5.41, 5.74) is 14.2. The molecule has 2 aromatic rings. The lowest BCUT2D eigenvalue weighted by molar-refractivity contribution is 0.0340. The summed E-state index contributed by atoms with van der Waals surface area (Å²) in [6, 6.07) is 5.70. The standard InChI is InChI=1S/C20H20FN9O/c21-12-1-2-13(11(7-12)9-30-3-5-31-6-4-30)17-15-16(24)14(8-22)18(25)28-19(15)29-20(27-17)26-10-23/h1-2,7,17H,3-6,9H2,(H6,24,25,26,27,28,29). The molecule has 0 amide bonds. The monoisotopic (exact) mass is 421 g/mol. The van der Waals surface area contributed by atoms with Crippen LogP contribution in [0.4, 0.5) is 21.7 Å². The minimum absolute atomic E-state index is 0.0316. The third-order valence-corrected chi connectivity index (χ3v) is 5.25. The van der Waals surface area contributed by atoms with E-state index >= 15 is 0 Å². The van der Waals surface area contributed by atoms with Crippen molar-refractivity contribution >= 4 is 23.3 Å². The first-order valence-corrected chi connectivity index (χ1v) is 9.59. The summed E-state index contributed by atoms with van der Waals surface area (Å²) >= 11 is 0. The van der Waals surface area contributed by atoms with Crippen molar-refractivity contribution in [3.63, 3.8) is 0 Å². The molecule has 11 heteroatoms. The number of nitriles is 2. The molecule has 10 nitrogen and oxygen atoms in total. The number of nitrogen functional groups attached to an aromatic ring is 2. The lowest BCUT2D eigenvalue weighted by Crippen LogP contribution is -2.36. The highest BCUT2D eigenvalue weighted by molar-refractivity contribution is 5.98. The van der Waals surface area contributed by atoms with Gasteiger partial charge >= 0.3 is 0 Å². The number of nitrogens with one attached hydrogen (secondary N) is 2. The topological polar surface area (TPSA) is 161 Å². The number of nitrogens with zero attached hydrogens (tertiary/aromatic N) is 5. The number of hydrogen-bond acceptors (Lipinski definition) is 10. The quantitative estimate of drug-likeness (QED) is 0.419. The maximum Gasteiger partial charge on any atom is 0.211 e. The summed E-state index contributed by atoms with van der Waals surface area (Å²) in [6.07, 6.45) is 1.81. The third kappa shape index (κ3) is 3.92. The van der Waals surface area contributed by atoms with Gasteiger partial charge in [-0.15, -0.1) is 0 Å². The molecule has 2 aliphatic rings. The number of fused-ring (bicyclic) bond motifs is 1. The van der Waals surface area contributed by atoms with Gasteiger partial charge in [0.1, 0.15) is 35.1 Å². The molecule has 1 aromatic carbocycles. The van der Waals surface area contributed by atoms with Gasteiger partial charge in [0.05, 0.1) is 18.9 Å². The molecule has 1 atom stereocenters. The van der Waals surface area contributed by atoms with Crippen LogP contribution in [0, 0.1) is 28.6 Å². The van der Waals surface area contributed by atoms with Gasteiger partial charge in [-0.05, 0) is 23.3 Å². The van der Waals surface area contributed by atoms with Crippen LogP contribution in [0.2, 0.25) is 0 Å². The van der Waals surface area contributed by atoms with Crippen LogP contribution in [0.25, 0.3) is 0 Å². The average molecular weight is 421 g/mol. The van der Waals surface area contributed by atoms with E-state index in [1.54, 1.807) is 6.07 Å². The maximum atomic E-state index is 14.2. The normalized spacial score (nSPS) is 18.2. The summed E-state index contributed by atoms with van der Waals surface area (Å²) in [7, 11) is 0. The van der Waals surface area contributed by atoms with Crippen LogP contribution in [0.3, 0.4) is 0 Å². The van der Waals surface area contributed by atoms with Crippen molar-refractivity contribution in [1.82, 2.24) is 15.2 Å². The first-order valence-electron chi connectivity index (χ1n) is 9.59. The Hall–Kier alpha value is -3.93. The molecule has 1 fully saturated rings. The lowest BCUT2D eigenvalue weighted by atomic mass is 9.91. The molecule has 1 saturated heterocycles. The predicted octanol–water partition coefficient (Wildman–Crippen LogP) is 1.03. The van der Waals surface area contributed by atoms with E-state index < -0.39 is 6.04 Å². The molecule has 2 aliphatic heterocycles. The fourth-order valence-corrected chi connectivity index (χ4v) is 3.78. The number of hydrogen-bond donors (Lipinski definition) is 4. The number of pyridine rings is 1. The second kappa shape index (κ2) is 8.44. The number of halogens is 1. The number of rotatable bonds is 3. The van der Waals surface area contributed by atoms with Crippen LogP contribution in [0.15, 0.2) is 23.2 Å². The molecule has 0 bridgehead atoms. The van der Waals surface area contributed by atoms with Crippen molar-refractivity contribution in [3.8, 4) is 12.3 Å². The molecule has 158 valence electrons. The van der Waals surface area contributed by atoms with Crippen LogP contribution in [0.1, 0.15) is 28.3 Å². The molecule has 0 saturated carbocycles. The number of nitrogens with two attached hydrogens (primary N) is 2. The molecule has 1 aromatic heterocycles. The van der Waals surface area contributed by atoms with Gasteiger partial charge in [0.2, 0.25) is 5.96 Å². The van der Waals surface area contributed by atoms with Crippen LogP contribution < -0.4 is 22.1 Å². The van der Waals surface area contributed by atoms with Crippen LogP contribution in [0.5, 0.6) is 0 Å². The van der Waals surface area contributed by atoms with Gasteiger partial charge in [-0.3, -0.25) is 10.2 Å². The number of guanidine groups is 1. The minimum Gasteiger partial charge on any atom is -0.397 e. The highest BCUT2D eigenvalue weighted by Gasteiger charge is 2.31. The van der Waals surface area contributed by atoms with E-state index in [0.29, 0.717) is 30.9 Å². The third-order valence-electron chi connectivity index (χ3n) is 5.25. The highest BCUT2D eigenvalue weighted by atomic mass is 19.1. The number of aromatic nitrogens is 1. The Balaban J connectivity index is 1.85. The Morgan fingerprint density at radius 2 is 2.06 bits per heavy atom. The summed E-state index contributed by atoms with van der Waals surface area (Å²) in [5, 5.41) is 23.9.